The van der Waals surface area contributed by atoms with E-state index < -0.39 is 12.1 Å². The van der Waals surface area contributed by atoms with Gasteiger partial charge in [0.05, 0.1) is 6.54 Å². The highest BCUT2D eigenvalue weighted by Gasteiger charge is 2.37. The zero-order chi connectivity index (χ0) is 20.9. The maximum Gasteiger partial charge on any atom is 0.325 e. The third-order valence-electron chi connectivity index (χ3n) is 4.98. The van der Waals surface area contributed by atoms with Crippen LogP contribution in [0, 0.1) is 0 Å². The van der Waals surface area contributed by atoms with Crippen molar-refractivity contribution < 1.29 is 14.4 Å². The fourth-order valence-corrected chi connectivity index (χ4v) is 3.38. The number of nitrogens with one attached hydrogen (secondary N) is 2. The Bertz CT molecular complexity index is 1050. The second-order valence-corrected chi connectivity index (χ2v) is 7.13. The summed E-state index contributed by atoms with van der Waals surface area (Å²) in [6.07, 6.45) is 0.459. The summed E-state index contributed by atoms with van der Waals surface area (Å²) in [4.78, 5) is 38.5. The fraction of sp³-hybridized carbons (Fsp3) is 0.125. The normalized spacial score (nSPS) is 15.7. The number of carbonyl (C=O) groups is 3. The third-order valence-corrected chi connectivity index (χ3v) is 4.98. The molecule has 2 N–H and O–H groups in total. The lowest BCUT2D eigenvalue weighted by Crippen LogP contribution is -2.32. The number of nitrogens with zero attached hydrogens (tertiary/aromatic N) is 1. The smallest absolute Gasteiger partial charge is 0.325 e. The van der Waals surface area contributed by atoms with Crippen LogP contribution in [-0.4, -0.2) is 28.8 Å². The van der Waals surface area contributed by atoms with Crippen LogP contribution in [0.25, 0.3) is 0 Å². The maximum atomic E-state index is 12.7. The second-order valence-electron chi connectivity index (χ2n) is 7.13. The van der Waals surface area contributed by atoms with E-state index in [9.17, 15) is 14.4 Å². The van der Waals surface area contributed by atoms with Crippen LogP contribution in [0.4, 0.5) is 10.5 Å². The first-order valence-electron chi connectivity index (χ1n) is 9.71. The van der Waals surface area contributed by atoms with E-state index in [1.807, 2.05) is 60.7 Å². The van der Waals surface area contributed by atoms with E-state index in [0.29, 0.717) is 12.0 Å². The fourth-order valence-electron chi connectivity index (χ4n) is 3.38. The molecular formula is C24H21N3O3. The Balaban J connectivity index is 1.38. The summed E-state index contributed by atoms with van der Waals surface area (Å²) >= 11 is 0. The van der Waals surface area contributed by atoms with E-state index >= 15 is 0 Å². The molecule has 0 radical (unpaired) electrons. The SMILES string of the molecule is O=C(Nc1ccccc1)c1ccc(CN2C(=O)NC(Cc3ccccc3)C2=O)cc1. The zero-order valence-electron chi connectivity index (χ0n) is 16.2. The Morgan fingerprint density at radius 2 is 1.47 bits per heavy atom. The summed E-state index contributed by atoms with van der Waals surface area (Å²) in [5.74, 6) is -0.458. The van der Waals surface area contributed by atoms with Gasteiger partial charge in [-0.1, -0.05) is 60.7 Å². The van der Waals surface area contributed by atoms with Gasteiger partial charge in [-0.05, 0) is 35.4 Å². The van der Waals surface area contributed by atoms with E-state index in [0.717, 1.165) is 16.8 Å². The molecule has 150 valence electrons. The van der Waals surface area contributed by atoms with Crippen molar-refractivity contribution in [3.63, 3.8) is 0 Å². The van der Waals surface area contributed by atoms with Crippen molar-refractivity contribution in [1.82, 2.24) is 10.2 Å². The molecule has 3 aromatic rings. The summed E-state index contributed by atoms with van der Waals surface area (Å²) in [6, 6.07) is 24.7. The number of rotatable bonds is 6. The molecule has 0 saturated carbocycles. The molecule has 0 bridgehead atoms. The van der Waals surface area contributed by atoms with Gasteiger partial charge in [-0.2, -0.15) is 0 Å². The van der Waals surface area contributed by atoms with Crippen molar-refractivity contribution >= 4 is 23.5 Å². The molecule has 0 aromatic heterocycles. The van der Waals surface area contributed by atoms with Crippen LogP contribution in [0.2, 0.25) is 0 Å². The molecule has 30 heavy (non-hydrogen) atoms. The molecule has 0 aliphatic carbocycles. The van der Waals surface area contributed by atoms with Crippen LogP contribution in [0.3, 0.4) is 0 Å². The topological polar surface area (TPSA) is 78.5 Å². The quantitative estimate of drug-likeness (QED) is 0.622. The zero-order valence-corrected chi connectivity index (χ0v) is 16.2. The van der Waals surface area contributed by atoms with Crippen molar-refractivity contribution in [2.75, 3.05) is 5.32 Å². The highest BCUT2D eigenvalue weighted by atomic mass is 16.2. The van der Waals surface area contributed by atoms with E-state index in [4.69, 9.17) is 0 Å². The molecule has 0 spiro atoms. The first-order valence-corrected chi connectivity index (χ1v) is 9.71. The molecule has 1 unspecified atom stereocenters. The molecule has 6 nitrogen and oxygen atoms in total. The van der Waals surface area contributed by atoms with Crippen LogP contribution >= 0.6 is 0 Å². The monoisotopic (exact) mass is 399 g/mol. The minimum Gasteiger partial charge on any atom is -0.325 e. The van der Waals surface area contributed by atoms with Gasteiger partial charge in [0.2, 0.25) is 0 Å². The van der Waals surface area contributed by atoms with Crippen LogP contribution in [0.1, 0.15) is 21.5 Å². The lowest BCUT2D eigenvalue weighted by Gasteiger charge is -2.13. The third kappa shape index (κ3) is 4.38. The molecule has 4 amide bonds. The van der Waals surface area contributed by atoms with Gasteiger partial charge in [-0.3, -0.25) is 14.5 Å². The number of amides is 4. The van der Waals surface area contributed by atoms with Crippen LogP contribution in [-0.2, 0) is 17.8 Å². The van der Waals surface area contributed by atoms with Crippen molar-refractivity contribution in [3.05, 3.63) is 102 Å². The average molecular weight is 399 g/mol. The molecule has 3 aromatic carbocycles. The molecule has 1 heterocycles. The summed E-state index contributed by atoms with van der Waals surface area (Å²) < 4.78 is 0. The molecule has 1 atom stereocenters. The standard InChI is InChI=1S/C24H21N3O3/c28-22(25-20-9-5-2-6-10-20)19-13-11-18(12-14-19)16-27-23(29)21(26-24(27)30)15-17-7-3-1-4-8-17/h1-14,21H,15-16H2,(H,25,28)(H,26,30). The summed E-state index contributed by atoms with van der Waals surface area (Å²) in [5, 5.41) is 5.58. The van der Waals surface area contributed by atoms with Crippen molar-refractivity contribution in [1.29, 1.82) is 0 Å². The van der Waals surface area contributed by atoms with Gasteiger partial charge >= 0.3 is 6.03 Å². The minimum atomic E-state index is -0.559. The Morgan fingerprint density at radius 1 is 0.833 bits per heavy atom. The Hall–Kier alpha value is -3.93. The number of carbonyl (C=O) groups excluding carboxylic acids is 3. The second kappa shape index (κ2) is 8.61. The van der Waals surface area contributed by atoms with Gasteiger partial charge in [0.15, 0.2) is 0 Å². The lowest BCUT2D eigenvalue weighted by atomic mass is 10.1. The largest absolute Gasteiger partial charge is 0.325 e. The van der Waals surface area contributed by atoms with E-state index in [2.05, 4.69) is 10.6 Å². The van der Waals surface area contributed by atoms with Gasteiger partial charge < -0.3 is 10.6 Å². The number of para-hydroxylation sites is 1. The Labute approximate surface area is 174 Å². The number of hydrogen-bond acceptors (Lipinski definition) is 3. The molecule has 4 rings (SSSR count). The van der Waals surface area contributed by atoms with Crippen molar-refractivity contribution in [2.45, 2.75) is 19.0 Å². The summed E-state index contributed by atoms with van der Waals surface area (Å²) in [6.45, 7) is 0.163. The predicted molar refractivity (Wildman–Crippen MR) is 114 cm³/mol. The highest BCUT2D eigenvalue weighted by Crippen LogP contribution is 2.16. The maximum absolute atomic E-state index is 12.7. The van der Waals surface area contributed by atoms with Gasteiger partial charge in [-0.15, -0.1) is 0 Å². The van der Waals surface area contributed by atoms with E-state index in [1.165, 1.54) is 4.90 Å². The van der Waals surface area contributed by atoms with Crippen LogP contribution in [0.5, 0.6) is 0 Å². The highest BCUT2D eigenvalue weighted by molar-refractivity contribution is 6.05. The van der Waals surface area contributed by atoms with E-state index in [1.54, 1.807) is 24.3 Å². The van der Waals surface area contributed by atoms with E-state index in [-0.39, 0.29) is 18.4 Å². The molecule has 6 heteroatoms. The van der Waals surface area contributed by atoms with Gasteiger partial charge in [0.25, 0.3) is 11.8 Å². The molecule has 1 saturated heterocycles. The van der Waals surface area contributed by atoms with Crippen LogP contribution in [0.15, 0.2) is 84.9 Å². The first kappa shape index (κ1) is 19.4. The molecular weight excluding hydrogens is 378 g/mol. The van der Waals surface area contributed by atoms with Gasteiger partial charge in [0.1, 0.15) is 6.04 Å². The number of imide groups is 1. The van der Waals surface area contributed by atoms with Gasteiger partial charge in [-0.25, -0.2) is 4.79 Å². The Kier molecular flexibility index (Phi) is 5.57. The minimum absolute atomic E-state index is 0.163. The summed E-state index contributed by atoms with van der Waals surface area (Å²) in [5.41, 5.74) is 2.99. The molecule has 1 fully saturated rings. The Morgan fingerprint density at radius 3 is 2.13 bits per heavy atom. The number of benzene rings is 3. The number of hydrogen-bond donors (Lipinski definition) is 2. The number of urea groups is 1. The lowest BCUT2D eigenvalue weighted by molar-refractivity contribution is -0.127. The average Bonchev–Trinajstić information content (AvgIpc) is 3.03. The van der Waals surface area contributed by atoms with Gasteiger partial charge in [0, 0.05) is 17.7 Å². The van der Waals surface area contributed by atoms with Crippen LogP contribution < -0.4 is 10.6 Å². The van der Waals surface area contributed by atoms with Crippen molar-refractivity contribution in [3.8, 4) is 0 Å². The molecule has 1 aliphatic heterocycles. The number of anilines is 1. The van der Waals surface area contributed by atoms with Crippen molar-refractivity contribution in [2.24, 2.45) is 0 Å². The first-order chi connectivity index (χ1) is 14.6. The predicted octanol–water partition coefficient (Wildman–Crippen LogP) is 3.60. The summed E-state index contributed by atoms with van der Waals surface area (Å²) in [7, 11) is 0. The molecule has 1 aliphatic rings.